The van der Waals surface area contributed by atoms with Crippen LogP contribution >= 0.6 is 0 Å². The van der Waals surface area contributed by atoms with E-state index in [-0.39, 0.29) is 5.41 Å². The first-order valence-corrected chi connectivity index (χ1v) is 7.89. The molecule has 1 saturated carbocycles. The summed E-state index contributed by atoms with van der Waals surface area (Å²) in [4.78, 5) is 2.49. The molecule has 2 fully saturated rings. The van der Waals surface area contributed by atoms with Crippen molar-refractivity contribution in [3.63, 3.8) is 0 Å². The molecule has 2 aliphatic carbocycles. The van der Waals surface area contributed by atoms with Crippen molar-refractivity contribution in [2.45, 2.75) is 43.7 Å². The molecule has 1 atom stereocenters. The Morgan fingerprint density at radius 2 is 1.85 bits per heavy atom. The van der Waals surface area contributed by atoms with Gasteiger partial charge in [0.05, 0.1) is 5.60 Å². The van der Waals surface area contributed by atoms with E-state index in [0.29, 0.717) is 6.54 Å². The molecule has 20 heavy (non-hydrogen) atoms. The number of rotatable bonds is 3. The summed E-state index contributed by atoms with van der Waals surface area (Å²) in [5, 5.41) is 11.3. The molecule has 3 heteroatoms. The summed E-state index contributed by atoms with van der Waals surface area (Å²) < 4.78 is 0. The van der Waals surface area contributed by atoms with Crippen LogP contribution in [0, 0.1) is 5.41 Å². The van der Waals surface area contributed by atoms with Gasteiger partial charge in [0.25, 0.3) is 0 Å². The van der Waals surface area contributed by atoms with Gasteiger partial charge in [-0.05, 0) is 43.2 Å². The van der Waals surface area contributed by atoms with Crippen molar-refractivity contribution >= 4 is 0 Å². The number of nitrogens with two attached hydrogens (primary N) is 1. The molecule has 0 amide bonds. The standard InChI is InChI=1S/C17H24N2O/c18-11-16(9-13-3-1-2-4-14(13)10-16)17(20)7-8-19(12-17)15-5-6-15/h1-4,15,20H,5-12,18H2. The Kier molecular flexibility index (Phi) is 2.75. The number of hydrogen-bond acceptors (Lipinski definition) is 3. The first kappa shape index (κ1) is 12.8. The second-order valence-electron chi connectivity index (χ2n) is 7.09. The average molecular weight is 272 g/mol. The van der Waals surface area contributed by atoms with E-state index in [9.17, 15) is 5.11 Å². The minimum Gasteiger partial charge on any atom is -0.388 e. The fraction of sp³-hybridized carbons (Fsp3) is 0.647. The average Bonchev–Trinajstić information content (AvgIpc) is 3.11. The molecule has 0 aromatic heterocycles. The van der Waals surface area contributed by atoms with Gasteiger partial charge < -0.3 is 10.8 Å². The highest BCUT2D eigenvalue weighted by atomic mass is 16.3. The molecule has 0 bridgehead atoms. The fourth-order valence-corrected chi connectivity index (χ4v) is 4.36. The van der Waals surface area contributed by atoms with Crippen molar-refractivity contribution in [2.24, 2.45) is 11.1 Å². The van der Waals surface area contributed by atoms with Crippen LogP contribution in [0.5, 0.6) is 0 Å². The Hall–Kier alpha value is -0.900. The molecule has 0 radical (unpaired) electrons. The minimum atomic E-state index is -0.608. The van der Waals surface area contributed by atoms with Crippen molar-refractivity contribution < 1.29 is 5.11 Å². The van der Waals surface area contributed by atoms with Crippen LogP contribution in [0.4, 0.5) is 0 Å². The predicted octanol–water partition coefficient (Wildman–Crippen LogP) is 1.33. The van der Waals surface area contributed by atoms with Gasteiger partial charge in [-0.2, -0.15) is 0 Å². The van der Waals surface area contributed by atoms with Gasteiger partial charge in [-0.3, -0.25) is 4.90 Å². The zero-order valence-corrected chi connectivity index (χ0v) is 12.0. The third-order valence-electron chi connectivity index (χ3n) is 5.89. The van der Waals surface area contributed by atoms with Gasteiger partial charge in [0, 0.05) is 31.1 Å². The number of likely N-dealkylation sites (tertiary alicyclic amines) is 1. The lowest BCUT2D eigenvalue weighted by atomic mass is 9.69. The van der Waals surface area contributed by atoms with Crippen LogP contribution in [0.15, 0.2) is 24.3 Å². The molecule has 1 heterocycles. The van der Waals surface area contributed by atoms with Gasteiger partial charge in [-0.25, -0.2) is 0 Å². The Labute approximate surface area is 120 Å². The quantitative estimate of drug-likeness (QED) is 0.873. The molecule has 3 aliphatic rings. The van der Waals surface area contributed by atoms with E-state index < -0.39 is 5.60 Å². The number of β-amino-alcohol motifs (C(OH)–C–C–N with tert-alkyl or cyclic N) is 1. The molecule has 1 saturated heterocycles. The van der Waals surface area contributed by atoms with Gasteiger partial charge in [-0.15, -0.1) is 0 Å². The monoisotopic (exact) mass is 272 g/mol. The molecule has 1 aliphatic heterocycles. The van der Waals surface area contributed by atoms with Crippen molar-refractivity contribution in [2.75, 3.05) is 19.6 Å². The normalized spacial score (nSPS) is 32.5. The van der Waals surface area contributed by atoms with Crippen molar-refractivity contribution in [3.8, 4) is 0 Å². The van der Waals surface area contributed by atoms with Crippen LogP contribution in [0.3, 0.4) is 0 Å². The maximum Gasteiger partial charge on any atom is 0.0860 e. The summed E-state index contributed by atoms with van der Waals surface area (Å²) in [6.45, 7) is 2.44. The lowest BCUT2D eigenvalue weighted by Crippen LogP contribution is -2.55. The smallest absolute Gasteiger partial charge is 0.0860 e. The zero-order valence-electron chi connectivity index (χ0n) is 12.0. The van der Waals surface area contributed by atoms with Crippen molar-refractivity contribution in [1.82, 2.24) is 4.90 Å². The summed E-state index contributed by atoms with van der Waals surface area (Å²) in [5.74, 6) is 0. The van der Waals surface area contributed by atoms with Gasteiger partial charge >= 0.3 is 0 Å². The zero-order chi connectivity index (χ0) is 13.8. The number of fused-ring (bicyclic) bond motifs is 1. The summed E-state index contributed by atoms with van der Waals surface area (Å²) in [6, 6.07) is 9.33. The first-order valence-electron chi connectivity index (χ1n) is 7.89. The van der Waals surface area contributed by atoms with Crippen LogP contribution in [-0.2, 0) is 12.8 Å². The largest absolute Gasteiger partial charge is 0.388 e. The molecule has 3 N–H and O–H groups in total. The first-order chi connectivity index (χ1) is 9.66. The third-order valence-corrected chi connectivity index (χ3v) is 5.89. The molecule has 108 valence electrons. The number of benzene rings is 1. The molecular weight excluding hydrogens is 248 g/mol. The van der Waals surface area contributed by atoms with Crippen LogP contribution in [-0.4, -0.2) is 41.3 Å². The molecule has 4 rings (SSSR count). The van der Waals surface area contributed by atoms with E-state index in [1.54, 1.807) is 0 Å². The van der Waals surface area contributed by atoms with Crippen LogP contribution in [0.25, 0.3) is 0 Å². The SMILES string of the molecule is NCC1(C2(O)CCN(C3CC3)C2)Cc2ccccc2C1. The van der Waals surface area contributed by atoms with Gasteiger partial charge in [0.1, 0.15) is 0 Å². The van der Waals surface area contributed by atoms with Crippen LogP contribution in [0.1, 0.15) is 30.4 Å². The highest BCUT2D eigenvalue weighted by Gasteiger charge is 2.56. The molecular formula is C17H24N2O. The molecule has 1 aromatic carbocycles. The van der Waals surface area contributed by atoms with E-state index in [1.165, 1.54) is 24.0 Å². The maximum absolute atomic E-state index is 11.3. The third kappa shape index (κ3) is 1.77. The summed E-state index contributed by atoms with van der Waals surface area (Å²) in [7, 11) is 0. The molecule has 0 spiro atoms. The molecule has 1 unspecified atom stereocenters. The highest BCUT2D eigenvalue weighted by molar-refractivity contribution is 5.36. The number of aliphatic hydroxyl groups is 1. The highest BCUT2D eigenvalue weighted by Crippen LogP contribution is 2.49. The number of hydrogen-bond donors (Lipinski definition) is 2. The van der Waals surface area contributed by atoms with Gasteiger partial charge in [-0.1, -0.05) is 24.3 Å². The Morgan fingerprint density at radius 3 is 2.40 bits per heavy atom. The number of nitrogens with zero attached hydrogens (tertiary/aromatic N) is 1. The minimum absolute atomic E-state index is 0.152. The predicted molar refractivity (Wildman–Crippen MR) is 79.5 cm³/mol. The second kappa shape index (κ2) is 4.30. The lowest BCUT2D eigenvalue weighted by molar-refractivity contribution is -0.0674. The van der Waals surface area contributed by atoms with Gasteiger partial charge in [0.2, 0.25) is 0 Å². The summed E-state index contributed by atoms with van der Waals surface area (Å²) >= 11 is 0. The summed E-state index contributed by atoms with van der Waals surface area (Å²) in [6.07, 6.45) is 5.38. The molecule has 1 aromatic rings. The lowest BCUT2D eigenvalue weighted by Gasteiger charge is -2.42. The van der Waals surface area contributed by atoms with E-state index in [1.807, 2.05) is 0 Å². The maximum atomic E-state index is 11.3. The molecule has 3 nitrogen and oxygen atoms in total. The van der Waals surface area contributed by atoms with Gasteiger partial charge in [0.15, 0.2) is 0 Å². The Bertz CT molecular complexity index is 500. The van der Waals surface area contributed by atoms with E-state index >= 15 is 0 Å². The Balaban J connectivity index is 1.62. The summed E-state index contributed by atoms with van der Waals surface area (Å²) in [5.41, 5.74) is 8.18. The van der Waals surface area contributed by atoms with Crippen molar-refractivity contribution in [3.05, 3.63) is 35.4 Å². The Morgan fingerprint density at radius 1 is 1.20 bits per heavy atom. The van der Waals surface area contributed by atoms with E-state index in [4.69, 9.17) is 5.73 Å². The fourth-order valence-electron chi connectivity index (χ4n) is 4.36. The van der Waals surface area contributed by atoms with E-state index in [2.05, 4.69) is 29.2 Å². The second-order valence-corrected chi connectivity index (χ2v) is 7.09. The van der Waals surface area contributed by atoms with Crippen LogP contribution in [0.2, 0.25) is 0 Å². The van der Waals surface area contributed by atoms with E-state index in [0.717, 1.165) is 38.4 Å². The van der Waals surface area contributed by atoms with Crippen molar-refractivity contribution in [1.29, 1.82) is 0 Å². The topological polar surface area (TPSA) is 49.5 Å². The van der Waals surface area contributed by atoms with Crippen LogP contribution < -0.4 is 5.73 Å².